The van der Waals surface area contributed by atoms with E-state index in [1.54, 1.807) is 12.3 Å². The van der Waals surface area contributed by atoms with Gasteiger partial charge >= 0.3 is 0 Å². The zero-order valence-corrected chi connectivity index (χ0v) is 11.8. The van der Waals surface area contributed by atoms with Gasteiger partial charge in [0, 0.05) is 25.0 Å². The Labute approximate surface area is 119 Å². The molecule has 0 aliphatic carbocycles. The van der Waals surface area contributed by atoms with Gasteiger partial charge in [-0.3, -0.25) is 4.98 Å². The van der Waals surface area contributed by atoms with Crippen LogP contribution >= 0.6 is 0 Å². The average Bonchev–Trinajstić information content (AvgIpc) is 2.49. The van der Waals surface area contributed by atoms with Crippen LogP contribution in [0.15, 0.2) is 42.7 Å². The van der Waals surface area contributed by atoms with Crippen LogP contribution in [-0.4, -0.2) is 16.7 Å². The van der Waals surface area contributed by atoms with Crippen molar-refractivity contribution in [3.05, 3.63) is 53.9 Å². The maximum atomic E-state index is 9.67. The zero-order valence-electron chi connectivity index (χ0n) is 11.8. The summed E-state index contributed by atoms with van der Waals surface area (Å²) >= 11 is 0. The van der Waals surface area contributed by atoms with Crippen LogP contribution in [0.1, 0.15) is 31.0 Å². The van der Waals surface area contributed by atoms with Crippen LogP contribution in [0.25, 0.3) is 0 Å². The molecular formula is C16H20N2O2. The first-order valence-corrected chi connectivity index (χ1v) is 6.78. The maximum Gasteiger partial charge on any atom is 0.161 e. The smallest absolute Gasteiger partial charge is 0.161 e. The molecule has 0 saturated carbocycles. The van der Waals surface area contributed by atoms with Crippen molar-refractivity contribution in [3.63, 3.8) is 0 Å². The quantitative estimate of drug-likeness (QED) is 0.848. The third kappa shape index (κ3) is 3.71. The van der Waals surface area contributed by atoms with Gasteiger partial charge in [0.2, 0.25) is 0 Å². The average molecular weight is 272 g/mol. The molecule has 1 heterocycles. The van der Waals surface area contributed by atoms with Crippen LogP contribution in [0.2, 0.25) is 0 Å². The highest BCUT2D eigenvalue weighted by Gasteiger charge is 2.07. The number of hydrogen-bond donors (Lipinski definition) is 2. The highest BCUT2D eigenvalue weighted by atomic mass is 16.5. The molecule has 0 aliphatic rings. The summed E-state index contributed by atoms with van der Waals surface area (Å²) in [5.74, 6) is 0.705. The normalized spacial score (nSPS) is 12.1. The van der Waals surface area contributed by atoms with Crippen LogP contribution in [0.4, 0.5) is 0 Å². The summed E-state index contributed by atoms with van der Waals surface area (Å²) in [4.78, 5) is 4.12. The Morgan fingerprint density at radius 3 is 2.90 bits per heavy atom. The van der Waals surface area contributed by atoms with Gasteiger partial charge in [-0.2, -0.15) is 0 Å². The van der Waals surface area contributed by atoms with Gasteiger partial charge in [-0.1, -0.05) is 12.1 Å². The molecule has 0 aliphatic heterocycles. The minimum Gasteiger partial charge on any atom is -0.504 e. The fourth-order valence-electron chi connectivity index (χ4n) is 1.96. The van der Waals surface area contributed by atoms with E-state index >= 15 is 0 Å². The van der Waals surface area contributed by atoms with Crippen molar-refractivity contribution in [3.8, 4) is 11.5 Å². The Kier molecular flexibility index (Phi) is 4.96. The molecule has 1 aromatic heterocycles. The first kappa shape index (κ1) is 14.3. The van der Waals surface area contributed by atoms with Gasteiger partial charge in [-0.05, 0) is 43.2 Å². The highest BCUT2D eigenvalue weighted by Crippen LogP contribution is 2.27. The van der Waals surface area contributed by atoms with Gasteiger partial charge in [0.15, 0.2) is 11.5 Å². The lowest BCUT2D eigenvalue weighted by Gasteiger charge is -2.14. The lowest BCUT2D eigenvalue weighted by molar-refractivity contribution is 0.317. The zero-order chi connectivity index (χ0) is 14.4. The van der Waals surface area contributed by atoms with Crippen LogP contribution < -0.4 is 10.1 Å². The number of phenolic OH excluding ortho intramolecular Hbond substituents is 1. The number of pyridine rings is 1. The van der Waals surface area contributed by atoms with Crippen LogP contribution in [0.5, 0.6) is 11.5 Å². The fraction of sp³-hybridized carbons (Fsp3) is 0.312. The van der Waals surface area contributed by atoms with Crippen molar-refractivity contribution < 1.29 is 9.84 Å². The number of ether oxygens (including phenoxy) is 1. The molecule has 2 rings (SSSR count). The largest absolute Gasteiger partial charge is 0.504 e. The second kappa shape index (κ2) is 6.91. The lowest BCUT2D eigenvalue weighted by atomic mass is 10.1. The molecule has 2 N–H and O–H groups in total. The lowest BCUT2D eigenvalue weighted by Crippen LogP contribution is -2.18. The highest BCUT2D eigenvalue weighted by molar-refractivity contribution is 5.41. The standard InChI is InChI=1S/C16H20N2O2/c1-3-20-16-9-13(6-7-15(16)19)10-18-12(2)14-5-4-8-17-11-14/h4-9,11-12,18-19H,3,10H2,1-2H3. The van der Waals surface area contributed by atoms with E-state index in [9.17, 15) is 5.11 Å². The SMILES string of the molecule is CCOc1cc(CNC(C)c2cccnc2)ccc1O. The Bertz CT molecular complexity index is 543. The minimum atomic E-state index is 0.177. The number of phenols is 1. The van der Waals surface area contributed by atoms with Gasteiger partial charge in [-0.15, -0.1) is 0 Å². The minimum absolute atomic E-state index is 0.177. The molecule has 0 amide bonds. The molecule has 0 saturated heterocycles. The third-order valence-electron chi connectivity index (χ3n) is 3.12. The van der Waals surface area contributed by atoms with E-state index in [1.807, 2.05) is 37.4 Å². The summed E-state index contributed by atoms with van der Waals surface area (Å²) in [5.41, 5.74) is 2.22. The monoisotopic (exact) mass is 272 g/mol. The van der Waals surface area contributed by atoms with E-state index in [-0.39, 0.29) is 11.8 Å². The van der Waals surface area contributed by atoms with Crippen molar-refractivity contribution in [2.24, 2.45) is 0 Å². The van der Waals surface area contributed by atoms with Crippen molar-refractivity contribution in [1.29, 1.82) is 0 Å². The molecule has 4 nitrogen and oxygen atoms in total. The number of hydrogen-bond acceptors (Lipinski definition) is 4. The molecule has 0 radical (unpaired) electrons. The van der Waals surface area contributed by atoms with Crippen molar-refractivity contribution in [1.82, 2.24) is 10.3 Å². The van der Waals surface area contributed by atoms with Crippen molar-refractivity contribution in [2.75, 3.05) is 6.61 Å². The fourth-order valence-corrected chi connectivity index (χ4v) is 1.96. The van der Waals surface area contributed by atoms with Gasteiger partial charge < -0.3 is 15.2 Å². The van der Waals surface area contributed by atoms with Gasteiger partial charge in [0.1, 0.15) is 0 Å². The number of nitrogens with one attached hydrogen (secondary N) is 1. The summed E-state index contributed by atoms with van der Waals surface area (Å²) < 4.78 is 5.38. The van der Waals surface area contributed by atoms with Gasteiger partial charge in [-0.25, -0.2) is 0 Å². The maximum absolute atomic E-state index is 9.67. The number of nitrogens with zero attached hydrogens (tertiary/aromatic N) is 1. The molecule has 0 bridgehead atoms. The van der Waals surface area contributed by atoms with Gasteiger partial charge in [0.05, 0.1) is 6.61 Å². The van der Waals surface area contributed by atoms with E-state index < -0.39 is 0 Å². The summed E-state index contributed by atoms with van der Waals surface area (Å²) in [6.07, 6.45) is 3.63. The van der Waals surface area contributed by atoms with E-state index in [0.29, 0.717) is 18.9 Å². The molecule has 2 aromatic rings. The number of benzene rings is 1. The third-order valence-corrected chi connectivity index (χ3v) is 3.12. The summed E-state index contributed by atoms with van der Waals surface area (Å²) in [7, 11) is 0. The molecule has 0 fully saturated rings. The molecule has 4 heteroatoms. The summed E-state index contributed by atoms with van der Waals surface area (Å²) in [5, 5.41) is 13.1. The molecule has 1 atom stereocenters. The second-order valence-corrected chi connectivity index (χ2v) is 4.62. The predicted octanol–water partition coefficient (Wildman–Crippen LogP) is 3.04. The predicted molar refractivity (Wildman–Crippen MR) is 78.8 cm³/mol. The van der Waals surface area contributed by atoms with Crippen molar-refractivity contribution in [2.45, 2.75) is 26.4 Å². The second-order valence-electron chi connectivity index (χ2n) is 4.62. The first-order chi connectivity index (χ1) is 9.70. The van der Waals surface area contributed by atoms with E-state index in [4.69, 9.17) is 4.74 Å². The molecule has 1 unspecified atom stereocenters. The molecule has 1 aromatic carbocycles. The Morgan fingerprint density at radius 2 is 2.20 bits per heavy atom. The first-order valence-electron chi connectivity index (χ1n) is 6.78. The summed E-state index contributed by atoms with van der Waals surface area (Å²) in [6, 6.07) is 9.61. The number of aromatic hydroxyl groups is 1. The van der Waals surface area contributed by atoms with E-state index in [2.05, 4.69) is 17.2 Å². The van der Waals surface area contributed by atoms with E-state index in [1.165, 1.54) is 0 Å². The summed E-state index contributed by atoms with van der Waals surface area (Å²) in [6.45, 7) is 5.24. The number of rotatable bonds is 6. The molecule has 0 spiro atoms. The van der Waals surface area contributed by atoms with Crippen LogP contribution in [-0.2, 0) is 6.54 Å². The molecule has 106 valence electrons. The number of aromatic nitrogens is 1. The topological polar surface area (TPSA) is 54.4 Å². The van der Waals surface area contributed by atoms with Gasteiger partial charge in [0.25, 0.3) is 0 Å². The van der Waals surface area contributed by atoms with Crippen molar-refractivity contribution >= 4 is 0 Å². The van der Waals surface area contributed by atoms with Crippen LogP contribution in [0.3, 0.4) is 0 Å². The molecular weight excluding hydrogens is 252 g/mol. The Balaban J connectivity index is 1.98. The molecule has 20 heavy (non-hydrogen) atoms. The van der Waals surface area contributed by atoms with E-state index in [0.717, 1.165) is 11.1 Å². The van der Waals surface area contributed by atoms with Crippen LogP contribution in [0, 0.1) is 0 Å². The Morgan fingerprint density at radius 1 is 1.35 bits per heavy atom. The Hall–Kier alpha value is -2.07.